The van der Waals surface area contributed by atoms with Crippen LogP contribution in [0.5, 0.6) is 0 Å². The van der Waals surface area contributed by atoms with Crippen LogP contribution in [0.2, 0.25) is 0 Å². The van der Waals surface area contributed by atoms with Gasteiger partial charge in [-0.3, -0.25) is 4.79 Å². The van der Waals surface area contributed by atoms with Crippen molar-refractivity contribution in [2.24, 2.45) is 0 Å². The molecule has 0 atom stereocenters. The lowest BCUT2D eigenvalue weighted by atomic mass is 10.1. The quantitative estimate of drug-likeness (QED) is 0.848. The lowest BCUT2D eigenvalue weighted by Crippen LogP contribution is -2.12. The SMILES string of the molecule is Cc1oncc1C(=O)Nc1ccc2c(c1)CCN2. The largest absolute Gasteiger partial charge is 0.384 e. The van der Waals surface area contributed by atoms with Crippen LogP contribution in [-0.4, -0.2) is 17.6 Å². The normalized spacial score (nSPS) is 12.9. The van der Waals surface area contributed by atoms with E-state index in [-0.39, 0.29) is 5.91 Å². The van der Waals surface area contributed by atoms with Gasteiger partial charge in [0, 0.05) is 17.9 Å². The molecule has 2 heterocycles. The van der Waals surface area contributed by atoms with E-state index in [9.17, 15) is 4.79 Å². The van der Waals surface area contributed by atoms with Gasteiger partial charge >= 0.3 is 0 Å². The predicted octanol–water partition coefficient (Wildman–Crippen LogP) is 2.20. The van der Waals surface area contributed by atoms with Crippen molar-refractivity contribution in [2.75, 3.05) is 17.2 Å². The van der Waals surface area contributed by atoms with E-state index in [2.05, 4.69) is 15.8 Å². The molecule has 3 rings (SSSR count). The molecule has 5 heteroatoms. The van der Waals surface area contributed by atoms with Crippen LogP contribution >= 0.6 is 0 Å². The Balaban J connectivity index is 1.81. The highest BCUT2D eigenvalue weighted by atomic mass is 16.5. The summed E-state index contributed by atoms with van der Waals surface area (Å²) in [5.41, 5.74) is 3.64. The average Bonchev–Trinajstić information content (AvgIpc) is 2.96. The number of rotatable bonds is 2. The molecule has 0 radical (unpaired) electrons. The van der Waals surface area contributed by atoms with Crippen LogP contribution in [0.4, 0.5) is 11.4 Å². The van der Waals surface area contributed by atoms with Crippen LogP contribution in [0.25, 0.3) is 0 Å². The number of benzene rings is 1. The first-order valence-corrected chi connectivity index (χ1v) is 5.83. The standard InChI is InChI=1S/C13H13N3O2/c1-8-11(7-15-18-8)13(17)16-10-2-3-12-9(6-10)4-5-14-12/h2-3,6-7,14H,4-5H2,1H3,(H,16,17). The van der Waals surface area contributed by atoms with Gasteiger partial charge in [-0.25, -0.2) is 0 Å². The molecule has 0 saturated heterocycles. The van der Waals surface area contributed by atoms with Crippen LogP contribution in [-0.2, 0) is 6.42 Å². The maximum atomic E-state index is 12.0. The lowest BCUT2D eigenvalue weighted by molar-refractivity contribution is 0.102. The fourth-order valence-corrected chi connectivity index (χ4v) is 2.10. The molecular formula is C13H13N3O2. The molecule has 0 fully saturated rings. The number of aryl methyl sites for hydroxylation is 1. The predicted molar refractivity (Wildman–Crippen MR) is 67.8 cm³/mol. The molecule has 5 nitrogen and oxygen atoms in total. The van der Waals surface area contributed by atoms with Crippen molar-refractivity contribution in [1.29, 1.82) is 0 Å². The highest BCUT2D eigenvalue weighted by molar-refractivity contribution is 6.04. The molecule has 0 spiro atoms. The summed E-state index contributed by atoms with van der Waals surface area (Å²) >= 11 is 0. The van der Waals surface area contributed by atoms with Gasteiger partial charge in [0.1, 0.15) is 11.3 Å². The van der Waals surface area contributed by atoms with Gasteiger partial charge in [0.25, 0.3) is 5.91 Å². The highest BCUT2D eigenvalue weighted by Crippen LogP contribution is 2.25. The summed E-state index contributed by atoms with van der Waals surface area (Å²) in [6.45, 7) is 2.67. The molecular weight excluding hydrogens is 230 g/mol. The molecule has 1 aliphatic rings. The van der Waals surface area contributed by atoms with E-state index in [4.69, 9.17) is 4.52 Å². The van der Waals surface area contributed by atoms with Crippen molar-refractivity contribution in [3.63, 3.8) is 0 Å². The zero-order valence-electron chi connectivity index (χ0n) is 9.99. The van der Waals surface area contributed by atoms with Crippen molar-refractivity contribution < 1.29 is 9.32 Å². The second kappa shape index (κ2) is 4.18. The Kier molecular flexibility index (Phi) is 2.51. The van der Waals surface area contributed by atoms with Crippen LogP contribution in [0.15, 0.2) is 28.9 Å². The molecule has 1 amide bonds. The van der Waals surface area contributed by atoms with Crippen molar-refractivity contribution in [3.05, 3.63) is 41.3 Å². The summed E-state index contributed by atoms with van der Waals surface area (Å²) in [7, 11) is 0. The minimum atomic E-state index is -0.195. The smallest absolute Gasteiger partial charge is 0.260 e. The number of fused-ring (bicyclic) bond motifs is 1. The first kappa shape index (κ1) is 10.8. The third kappa shape index (κ3) is 1.84. The molecule has 0 unspecified atom stereocenters. The lowest BCUT2D eigenvalue weighted by Gasteiger charge is -2.06. The molecule has 1 aliphatic heterocycles. The van der Waals surface area contributed by atoms with Gasteiger partial charge in [-0.05, 0) is 37.1 Å². The van der Waals surface area contributed by atoms with E-state index in [1.165, 1.54) is 11.8 Å². The monoisotopic (exact) mass is 243 g/mol. The number of hydrogen-bond acceptors (Lipinski definition) is 4. The molecule has 92 valence electrons. The third-order valence-corrected chi connectivity index (χ3v) is 3.07. The van der Waals surface area contributed by atoms with Gasteiger partial charge in [-0.1, -0.05) is 5.16 Å². The van der Waals surface area contributed by atoms with E-state index in [1.807, 2.05) is 18.2 Å². The minimum absolute atomic E-state index is 0.195. The maximum absolute atomic E-state index is 12.0. The second-order valence-electron chi connectivity index (χ2n) is 4.30. The van der Waals surface area contributed by atoms with Gasteiger partial charge < -0.3 is 15.2 Å². The van der Waals surface area contributed by atoms with E-state index in [0.29, 0.717) is 11.3 Å². The Labute approximate surface area is 104 Å². The van der Waals surface area contributed by atoms with Crippen LogP contribution in [0, 0.1) is 6.92 Å². The summed E-state index contributed by atoms with van der Waals surface area (Å²) in [4.78, 5) is 12.0. The molecule has 1 aromatic heterocycles. The zero-order valence-corrected chi connectivity index (χ0v) is 9.99. The number of amides is 1. The highest BCUT2D eigenvalue weighted by Gasteiger charge is 2.15. The summed E-state index contributed by atoms with van der Waals surface area (Å²) in [6, 6.07) is 5.87. The van der Waals surface area contributed by atoms with E-state index in [1.54, 1.807) is 6.92 Å². The molecule has 0 bridgehead atoms. The molecule has 0 aliphatic carbocycles. The van der Waals surface area contributed by atoms with Crippen LogP contribution in [0.3, 0.4) is 0 Å². The molecule has 2 N–H and O–H groups in total. The summed E-state index contributed by atoms with van der Waals surface area (Å²) in [6.07, 6.45) is 2.42. The van der Waals surface area contributed by atoms with Gasteiger partial charge in [0.15, 0.2) is 0 Å². The van der Waals surface area contributed by atoms with Crippen molar-refractivity contribution in [1.82, 2.24) is 5.16 Å². The maximum Gasteiger partial charge on any atom is 0.260 e. The Morgan fingerprint density at radius 1 is 1.50 bits per heavy atom. The van der Waals surface area contributed by atoms with Crippen LogP contribution in [0.1, 0.15) is 21.7 Å². The van der Waals surface area contributed by atoms with Gasteiger partial charge in [-0.2, -0.15) is 0 Å². The molecule has 2 aromatic rings. The number of hydrogen-bond donors (Lipinski definition) is 2. The number of anilines is 2. The van der Waals surface area contributed by atoms with Gasteiger partial charge in [0.2, 0.25) is 0 Å². The minimum Gasteiger partial charge on any atom is -0.384 e. The average molecular weight is 243 g/mol. The number of carbonyl (C=O) groups is 1. The first-order chi connectivity index (χ1) is 8.74. The summed E-state index contributed by atoms with van der Waals surface area (Å²) < 4.78 is 4.88. The second-order valence-corrected chi connectivity index (χ2v) is 4.30. The zero-order chi connectivity index (χ0) is 12.5. The fourth-order valence-electron chi connectivity index (χ4n) is 2.10. The fraction of sp³-hybridized carbons (Fsp3) is 0.231. The summed E-state index contributed by atoms with van der Waals surface area (Å²) in [5.74, 6) is 0.329. The molecule has 18 heavy (non-hydrogen) atoms. The van der Waals surface area contributed by atoms with Gasteiger partial charge in [-0.15, -0.1) is 0 Å². The van der Waals surface area contributed by atoms with Crippen molar-refractivity contribution in [3.8, 4) is 0 Å². The number of aromatic nitrogens is 1. The van der Waals surface area contributed by atoms with E-state index < -0.39 is 0 Å². The molecule has 1 aromatic carbocycles. The van der Waals surface area contributed by atoms with Crippen molar-refractivity contribution >= 4 is 17.3 Å². The Morgan fingerprint density at radius 3 is 3.17 bits per heavy atom. The van der Waals surface area contributed by atoms with Crippen molar-refractivity contribution in [2.45, 2.75) is 13.3 Å². The first-order valence-electron chi connectivity index (χ1n) is 5.83. The molecule has 0 saturated carbocycles. The summed E-state index contributed by atoms with van der Waals surface area (Å²) in [5, 5.41) is 9.72. The number of nitrogens with one attached hydrogen (secondary N) is 2. The third-order valence-electron chi connectivity index (χ3n) is 3.07. The topological polar surface area (TPSA) is 67.2 Å². The van der Waals surface area contributed by atoms with Crippen LogP contribution < -0.4 is 10.6 Å². The Bertz CT molecular complexity index is 604. The van der Waals surface area contributed by atoms with Gasteiger partial charge in [0.05, 0.1) is 6.20 Å². The number of carbonyl (C=O) groups excluding carboxylic acids is 1. The van der Waals surface area contributed by atoms with E-state index in [0.717, 1.165) is 24.3 Å². The number of nitrogens with zero attached hydrogens (tertiary/aromatic N) is 1. The Hall–Kier alpha value is -2.30. The Morgan fingerprint density at radius 2 is 2.39 bits per heavy atom. The van der Waals surface area contributed by atoms with E-state index >= 15 is 0 Å².